The van der Waals surface area contributed by atoms with Crippen LogP contribution in [0.25, 0.3) is 0 Å². The van der Waals surface area contributed by atoms with Gasteiger partial charge in [0.2, 0.25) is 5.91 Å². The molecule has 118 valence electrons. The first-order valence-electron chi connectivity index (χ1n) is 7.58. The first-order chi connectivity index (χ1) is 10.2. The lowest BCUT2D eigenvalue weighted by Crippen LogP contribution is -2.48. The number of ether oxygens (including phenoxy) is 1. The summed E-state index contributed by atoms with van der Waals surface area (Å²) >= 11 is 0. The van der Waals surface area contributed by atoms with Gasteiger partial charge < -0.3 is 20.1 Å². The van der Waals surface area contributed by atoms with Gasteiger partial charge in [-0.15, -0.1) is 0 Å². The molecule has 0 aliphatic carbocycles. The Hall–Kier alpha value is -1.20. The summed E-state index contributed by atoms with van der Waals surface area (Å²) in [6.45, 7) is 5.59. The number of hydrogen-bond donors (Lipinski definition) is 2. The molecule has 2 heterocycles. The minimum atomic E-state index is -0.448. The van der Waals surface area contributed by atoms with E-state index in [-0.39, 0.29) is 11.9 Å². The SMILES string of the molecule is N#CCCN(CCN1CCOCC1)C(=O)C1CC(O)CN1. The Morgan fingerprint density at radius 2 is 2.19 bits per heavy atom. The van der Waals surface area contributed by atoms with Crippen molar-refractivity contribution in [3.05, 3.63) is 0 Å². The molecule has 0 aromatic carbocycles. The maximum atomic E-state index is 12.5. The fraction of sp³-hybridized carbons (Fsp3) is 0.857. The zero-order valence-corrected chi connectivity index (χ0v) is 12.3. The van der Waals surface area contributed by atoms with Crippen LogP contribution in [-0.2, 0) is 9.53 Å². The molecular formula is C14H24N4O3. The third kappa shape index (κ3) is 4.93. The number of aliphatic hydroxyl groups is 1. The molecule has 2 saturated heterocycles. The van der Waals surface area contributed by atoms with E-state index in [0.717, 1.165) is 32.8 Å². The molecule has 2 rings (SSSR count). The van der Waals surface area contributed by atoms with Crippen LogP contribution in [0, 0.1) is 11.3 Å². The second-order valence-electron chi connectivity index (χ2n) is 5.54. The molecule has 2 aliphatic heterocycles. The molecule has 0 aromatic rings. The molecule has 0 aromatic heterocycles. The van der Waals surface area contributed by atoms with Crippen molar-refractivity contribution in [2.24, 2.45) is 0 Å². The quantitative estimate of drug-likeness (QED) is 0.639. The third-order valence-corrected chi connectivity index (χ3v) is 4.00. The lowest BCUT2D eigenvalue weighted by molar-refractivity contribution is -0.133. The predicted molar refractivity (Wildman–Crippen MR) is 76.5 cm³/mol. The van der Waals surface area contributed by atoms with Crippen LogP contribution in [0.3, 0.4) is 0 Å². The summed E-state index contributed by atoms with van der Waals surface area (Å²) in [6.07, 6.45) is 0.347. The van der Waals surface area contributed by atoms with Gasteiger partial charge in [-0.2, -0.15) is 5.26 Å². The van der Waals surface area contributed by atoms with Crippen molar-refractivity contribution in [3.63, 3.8) is 0 Å². The fourth-order valence-corrected chi connectivity index (χ4v) is 2.73. The molecule has 0 radical (unpaired) electrons. The molecule has 0 spiro atoms. The minimum absolute atomic E-state index is 0.00457. The zero-order chi connectivity index (χ0) is 15.1. The average molecular weight is 296 g/mol. The number of carbonyl (C=O) groups is 1. The standard InChI is InChI=1S/C14H24N4O3/c15-2-1-3-18(5-4-17-6-8-21-9-7-17)14(20)13-10-12(19)11-16-13/h12-13,16,19H,1,3-11H2. The zero-order valence-electron chi connectivity index (χ0n) is 12.3. The Kier molecular flexibility index (Phi) is 6.39. The average Bonchev–Trinajstić information content (AvgIpc) is 2.94. The largest absolute Gasteiger partial charge is 0.392 e. The summed E-state index contributed by atoms with van der Waals surface area (Å²) in [6, 6.07) is 1.78. The topological polar surface area (TPSA) is 88.8 Å². The molecule has 2 atom stereocenters. The lowest BCUT2D eigenvalue weighted by Gasteiger charge is -2.31. The van der Waals surface area contributed by atoms with Gasteiger partial charge in [-0.25, -0.2) is 0 Å². The van der Waals surface area contributed by atoms with E-state index >= 15 is 0 Å². The maximum absolute atomic E-state index is 12.5. The van der Waals surface area contributed by atoms with Crippen LogP contribution in [0.15, 0.2) is 0 Å². The van der Waals surface area contributed by atoms with Crippen molar-refractivity contribution < 1.29 is 14.6 Å². The van der Waals surface area contributed by atoms with E-state index in [2.05, 4.69) is 16.3 Å². The van der Waals surface area contributed by atoms with Crippen LogP contribution in [0.5, 0.6) is 0 Å². The molecule has 2 aliphatic rings. The molecule has 0 saturated carbocycles. The Balaban J connectivity index is 1.84. The van der Waals surface area contributed by atoms with Crippen LogP contribution in [0.2, 0.25) is 0 Å². The molecule has 2 unspecified atom stereocenters. The molecule has 21 heavy (non-hydrogen) atoms. The molecule has 2 fully saturated rings. The number of morpholine rings is 1. The van der Waals surface area contributed by atoms with Gasteiger partial charge in [0.05, 0.1) is 37.8 Å². The van der Waals surface area contributed by atoms with E-state index in [1.165, 1.54) is 0 Å². The molecule has 1 amide bonds. The highest BCUT2D eigenvalue weighted by molar-refractivity contribution is 5.82. The van der Waals surface area contributed by atoms with E-state index in [1.54, 1.807) is 4.90 Å². The van der Waals surface area contributed by atoms with Crippen molar-refractivity contribution in [1.82, 2.24) is 15.1 Å². The lowest BCUT2D eigenvalue weighted by atomic mass is 10.1. The number of β-amino-alcohol motifs (C(OH)–C–C–N with tert-alkyl or cyclic N) is 1. The van der Waals surface area contributed by atoms with Crippen LogP contribution < -0.4 is 5.32 Å². The van der Waals surface area contributed by atoms with Gasteiger partial charge in [0.1, 0.15) is 0 Å². The molecule has 0 bridgehead atoms. The van der Waals surface area contributed by atoms with Gasteiger partial charge in [-0.05, 0) is 6.42 Å². The summed E-state index contributed by atoms with van der Waals surface area (Å²) in [5.41, 5.74) is 0. The first kappa shape index (κ1) is 16.2. The fourth-order valence-electron chi connectivity index (χ4n) is 2.73. The second-order valence-corrected chi connectivity index (χ2v) is 5.54. The highest BCUT2D eigenvalue weighted by Crippen LogP contribution is 2.10. The third-order valence-electron chi connectivity index (χ3n) is 4.00. The summed E-state index contributed by atoms with van der Waals surface area (Å²) in [7, 11) is 0. The first-order valence-corrected chi connectivity index (χ1v) is 7.58. The van der Waals surface area contributed by atoms with Crippen molar-refractivity contribution >= 4 is 5.91 Å². The van der Waals surface area contributed by atoms with E-state index in [0.29, 0.717) is 32.5 Å². The van der Waals surface area contributed by atoms with Gasteiger partial charge in [0, 0.05) is 39.3 Å². The summed E-state index contributed by atoms with van der Waals surface area (Å²) in [5.74, 6) is -0.00457. The number of carbonyl (C=O) groups excluding carboxylic acids is 1. The normalized spacial score (nSPS) is 26.5. The number of nitriles is 1. The van der Waals surface area contributed by atoms with Crippen LogP contribution in [0.1, 0.15) is 12.8 Å². The van der Waals surface area contributed by atoms with Crippen LogP contribution in [-0.4, -0.2) is 85.4 Å². The van der Waals surface area contributed by atoms with Gasteiger partial charge >= 0.3 is 0 Å². The number of nitrogens with zero attached hydrogens (tertiary/aromatic N) is 3. The smallest absolute Gasteiger partial charge is 0.239 e. The number of nitrogens with one attached hydrogen (secondary N) is 1. The van der Waals surface area contributed by atoms with Gasteiger partial charge in [0.25, 0.3) is 0 Å². The highest BCUT2D eigenvalue weighted by Gasteiger charge is 2.31. The van der Waals surface area contributed by atoms with Crippen molar-refractivity contribution in [3.8, 4) is 6.07 Å². The van der Waals surface area contributed by atoms with Crippen LogP contribution in [0.4, 0.5) is 0 Å². The van der Waals surface area contributed by atoms with Crippen LogP contribution >= 0.6 is 0 Å². The number of rotatable bonds is 6. The van der Waals surface area contributed by atoms with Crippen molar-refractivity contribution in [1.29, 1.82) is 5.26 Å². The van der Waals surface area contributed by atoms with E-state index in [1.807, 2.05) is 0 Å². The Bertz CT molecular complexity index is 379. The summed E-state index contributed by atoms with van der Waals surface area (Å²) in [4.78, 5) is 16.5. The number of aliphatic hydroxyl groups excluding tert-OH is 1. The van der Waals surface area contributed by atoms with E-state index in [4.69, 9.17) is 10.00 Å². The number of hydrogen-bond acceptors (Lipinski definition) is 6. The molecule has 7 nitrogen and oxygen atoms in total. The van der Waals surface area contributed by atoms with E-state index < -0.39 is 6.10 Å². The Morgan fingerprint density at radius 1 is 1.43 bits per heavy atom. The Labute approximate surface area is 125 Å². The molecular weight excluding hydrogens is 272 g/mol. The minimum Gasteiger partial charge on any atom is -0.392 e. The number of amides is 1. The Morgan fingerprint density at radius 3 is 2.81 bits per heavy atom. The molecule has 2 N–H and O–H groups in total. The van der Waals surface area contributed by atoms with Crippen molar-refractivity contribution in [2.45, 2.75) is 25.0 Å². The van der Waals surface area contributed by atoms with Gasteiger partial charge in [-0.3, -0.25) is 9.69 Å². The second kappa shape index (κ2) is 8.29. The summed E-state index contributed by atoms with van der Waals surface area (Å²) < 4.78 is 5.31. The maximum Gasteiger partial charge on any atom is 0.239 e. The van der Waals surface area contributed by atoms with E-state index in [9.17, 15) is 9.90 Å². The molecule has 7 heteroatoms. The summed E-state index contributed by atoms with van der Waals surface area (Å²) in [5, 5.41) is 21.3. The highest BCUT2D eigenvalue weighted by atomic mass is 16.5. The van der Waals surface area contributed by atoms with Gasteiger partial charge in [0.15, 0.2) is 0 Å². The van der Waals surface area contributed by atoms with Crippen molar-refractivity contribution in [2.75, 3.05) is 52.5 Å². The van der Waals surface area contributed by atoms with Gasteiger partial charge in [-0.1, -0.05) is 0 Å². The monoisotopic (exact) mass is 296 g/mol. The predicted octanol–water partition coefficient (Wildman–Crippen LogP) is -1.22.